The van der Waals surface area contributed by atoms with Gasteiger partial charge in [-0.1, -0.05) is 18.2 Å². The molecule has 1 aromatic carbocycles. The van der Waals surface area contributed by atoms with E-state index < -0.39 is 0 Å². The lowest BCUT2D eigenvalue weighted by Gasteiger charge is -2.19. The molecule has 4 rings (SSSR count). The van der Waals surface area contributed by atoms with Crippen LogP contribution in [0.15, 0.2) is 36.5 Å². The summed E-state index contributed by atoms with van der Waals surface area (Å²) in [5.74, 6) is -0.118. The van der Waals surface area contributed by atoms with Gasteiger partial charge in [0, 0.05) is 49.9 Å². The zero-order chi connectivity index (χ0) is 16.5. The minimum absolute atomic E-state index is 0.0418. The Morgan fingerprint density at radius 3 is 3.04 bits per heavy atom. The van der Waals surface area contributed by atoms with Crippen LogP contribution in [0.4, 0.5) is 4.39 Å². The van der Waals surface area contributed by atoms with Gasteiger partial charge in [0.2, 0.25) is 0 Å². The molecule has 24 heavy (non-hydrogen) atoms. The largest absolute Gasteiger partial charge is 0.376 e. The summed E-state index contributed by atoms with van der Waals surface area (Å²) >= 11 is 0. The average molecular weight is 327 g/mol. The van der Waals surface area contributed by atoms with Crippen molar-refractivity contribution in [1.82, 2.24) is 9.88 Å². The van der Waals surface area contributed by atoms with Gasteiger partial charge in [0.15, 0.2) is 0 Å². The van der Waals surface area contributed by atoms with Crippen LogP contribution in [0.5, 0.6) is 0 Å². The van der Waals surface area contributed by atoms with E-state index >= 15 is 0 Å². The molecule has 0 bridgehead atoms. The third-order valence-electron chi connectivity index (χ3n) is 5.01. The fraction of sp³-hybridized carbons (Fsp3) is 0.421. The summed E-state index contributed by atoms with van der Waals surface area (Å²) in [6, 6.07) is 9.10. The first-order valence-electron chi connectivity index (χ1n) is 8.47. The van der Waals surface area contributed by atoms with E-state index in [1.807, 2.05) is 18.3 Å². The Morgan fingerprint density at radius 1 is 1.29 bits per heavy atom. The lowest BCUT2D eigenvalue weighted by Crippen LogP contribution is -2.29. The maximum Gasteiger partial charge on any atom is 0.126 e. The van der Waals surface area contributed by atoms with Gasteiger partial charge in [0.05, 0.1) is 13.2 Å². The Labute approximate surface area is 141 Å². The number of nitrogens with two attached hydrogens (primary N) is 1. The highest BCUT2D eigenvalue weighted by Crippen LogP contribution is 2.29. The number of nitrogens with zero attached hydrogens (tertiary/aromatic N) is 2. The summed E-state index contributed by atoms with van der Waals surface area (Å²) in [7, 11) is 0. The van der Waals surface area contributed by atoms with Crippen LogP contribution >= 0.6 is 0 Å². The molecule has 126 valence electrons. The van der Waals surface area contributed by atoms with Crippen molar-refractivity contribution in [2.24, 2.45) is 5.73 Å². The minimum Gasteiger partial charge on any atom is -0.376 e. The van der Waals surface area contributed by atoms with E-state index in [2.05, 4.69) is 16.0 Å². The molecule has 3 heterocycles. The molecule has 0 unspecified atom stereocenters. The van der Waals surface area contributed by atoms with E-state index in [0.717, 1.165) is 43.9 Å². The van der Waals surface area contributed by atoms with Crippen LogP contribution in [-0.2, 0) is 24.3 Å². The van der Waals surface area contributed by atoms with Crippen molar-refractivity contribution in [2.75, 3.05) is 19.7 Å². The predicted octanol–water partition coefficient (Wildman–Crippen LogP) is 2.22. The number of benzene rings is 1. The van der Waals surface area contributed by atoms with E-state index in [1.165, 1.54) is 17.2 Å². The maximum atomic E-state index is 14.1. The molecule has 0 spiro atoms. The number of hydrogen-bond donors (Lipinski definition) is 1. The van der Waals surface area contributed by atoms with Gasteiger partial charge in [-0.3, -0.25) is 9.88 Å². The molecular formula is C19H22FN3O. The van der Waals surface area contributed by atoms with Gasteiger partial charge in [0.25, 0.3) is 0 Å². The summed E-state index contributed by atoms with van der Waals surface area (Å²) < 4.78 is 19.6. The standard InChI is InChI=1S/C19H22FN3O/c20-17-4-2-1-3-15(17)16-10-23(11-18(16)21)9-13-7-14-12-24-6-5-19(14)22-8-13/h1-4,7-8,16,18H,5-6,9-12,21H2/t16-,18+/m0/s1. The number of ether oxygens (including phenoxy) is 1. The Kier molecular flexibility index (Phi) is 4.31. The van der Waals surface area contributed by atoms with Crippen molar-refractivity contribution in [3.05, 3.63) is 64.7 Å². The fourth-order valence-electron chi connectivity index (χ4n) is 3.78. The number of pyridine rings is 1. The molecule has 0 radical (unpaired) electrons. The first-order chi connectivity index (χ1) is 11.7. The van der Waals surface area contributed by atoms with Gasteiger partial charge in [-0.15, -0.1) is 0 Å². The topological polar surface area (TPSA) is 51.4 Å². The van der Waals surface area contributed by atoms with Crippen molar-refractivity contribution in [1.29, 1.82) is 0 Å². The highest BCUT2D eigenvalue weighted by Gasteiger charge is 2.32. The second kappa shape index (κ2) is 6.59. The van der Waals surface area contributed by atoms with E-state index in [1.54, 1.807) is 6.07 Å². The number of hydrogen-bond acceptors (Lipinski definition) is 4. The van der Waals surface area contributed by atoms with Crippen molar-refractivity contribution >= 4 is 0 Å². The Hall–Kier alpha value is -1.82. The molecule has 0 aliphatic carbocycles. The van der Waals surface area contributed by atoms with Crippen LogP contribution in [-0.4, -0.2) is 35.6 Å². The highest BCUT2D eigenvalue weighted by molar-refractivity contribution is 5.28. The summed E-state index contributed by atoms with van der Waals surface area (Å²) in [6.07, 6.45) is 2.84. The maximum absolute atomic E-state index is 14.1. The van der Waals surface area contributed by atoms with Gasteiger partial charge < -0.3 is 10.5 Å². The molecule has 0 saturated carbocycles. The molecule has 2 aromatic rings. The monoisotopic (exact) mass is 327 g/mol. The SMILES string of the molecule is N[C@@H]1CN(Cc2cnc3c(c2)COCC3)C[C@H]1c1ccccc1F. The number of halogens is 1. The van der Waals surface area contributed by atoms with Crippen molar-refractivity contribution < 1.29 is 9.13 Å². The smallest absolute Gasteiger partial charge is 0.126 e. The van der Waals surface area contributed by atoms with Crippen LogP contribution in [0, 0.1) is 5.82 Å². The van der Waals surface area contributed by atoms with Gasteiger partial charge in [-0.25, -0.2) is 4.39 Å². The summed E-state index contributed by atoms with van der Waals surface area (Å²) in [5.41, 5.74) is 10.5. The quantitative estimate of drug-likeness (QED) is 0.939. The first kappa shape index (κ1) is 15.7. The van der Waals surface area contributed by atoms with E-state index in [9.17, 15) is 4.39 Å². The molecule has 2 aliphatic heterocycles. The number of rotatable bonds is 3. The van der Waals surface area contributed by atoms with E-state index in [-0.39, 0.29) is 17.8 Å². The molecule has 0 amide bonds. The Morgan fingerprint density at radius 2 is 2.17 bits per heavy atom. The van der Waals surface area contributed by atoms with Crippen LogP contribution < -0.4 is 5.73 Å². The fourth-order valence-corrected chi connectivity index (χ4v) is 3.78. The van der Waals surface area contributed by atoms with Crippen LogP contribution in [0.3, 0.4) is 0 Å². The average Bonchev–Trinajstić information content (AvgIpc) is 2.95. The lowest BCUT2D eigenvalue weighted by atomic mass is 9.94. The lowest BCUT2D eigenvalue weighted by molar-refractivity contribution is 0.109. The molecule has 5 heteroatoms. The van der Waals surface area contributed by atoms with Gasteiger partial charge >= 0.3 is 0 Å². The van der Waals surface area contributed by atoms with Gasteiger partial charge in [-0.2, -0.15) is 0 Å². The summed E-state index contributed by atoms with van der Waals surface area (Å²) in [5, 5.41) is 0. The van der Waals surface area contributed by atoms with Crippen LogP contribution in [0.1, 0.15) is 28.3 Å². The first-order valence-corrected chi connectivity index (χ1v) is 8.47. The third kappa shape index (κ3) is 3.07. The molecule has 4 nitrogen and oxygen atoms in total. The van der Waals surface area contributed by atoms with Crippen molar-refractivity contribution in [2.45, 2.75) is 31.5 Å². The molecule has 2 N–H and O–H groups in total. The molecule has 1 fully saturated rings. The van der Waals surface area contributed by atoms with Gasteiger partial charge in [-0.05, 0) is 28.8 Å². The third-order valence-corrected chi connectivity index (χ3v) is 5.01. The van der Waals surface area contributed by atoms with E-state index in [0.29, 0.717) is 6.61 Å². The predicted molar refractivity (Wildman–Crippen MR) is 90.0 cm³/mol. The minimum atomic E-state index is -0.160. The second-order valence-corrected chi connectivity index (χ2v) is 6.74. The van der Waals surface area contributed by atoms with Crippen molar-refractivity contribution in [3.63, 3.8) is 0 Å². The zero-order valence-electron chi connectivity index (χ0n) is 13.6. The molecular weight excluding hydrogens is 305 g/mol. The zero-order valence-corrected chi connectivity index (χ0v) is 13.6. The number of likely N-dealkylation sites (tertiary alicyclic amines) is 1. The van der Waals surface area contributed by atoms with Crippen molar-refractivity contribution in [3.8, 4) is 0 Å². The summed E-state index contributed by atoms with van der Waals surface area (Å²) in [6.45, 7) is 3.74. The number of fused-ring (bicyclic) bond motifs is 1. The molecule has 2 atom stereocenters. The Bertz CT molecular complexity index is 736. The normalized spacial score (nSPS) is 24.1. The van der Waals surface area contributed by atoms with E-state index in [4.69, 9.17) is 10.5 Å². The van der Waals surface area contributed by atoms with Crippen LogP contribution in [0.2, 0.25) is 0 Å². The molecule has 1 saturated heterocycles. The Balaban J connectivity index is 1.48. The molecule has 2 aliphatic rings. The second-order valence-electron chi connectivity index (χ2n) is 6.74. The van der Waals surface area contributed by atoms with Gasteiger partial charge in [0.1, 0.15) is 5.82 Å². The summed E-state index contributed by atoms with van der Waals surface area (Å²) in [4.78, 5) is 6.86. The number of aromatic nitrogens is 1. The van der Waals surface area contributed by atoms with Crippen LogP contribution in [0.25, 0.3) is 0 Å². The highest BCUT2D eigenvalue weighted by atomic mass is 19.1. The molecule has 1 aromatic heterocycles.